The molecule has 6 heteroatoms. The minimum atomic E-state index is -0.331. The first-order valence-corrected chi connectivity index (χ1v) is 8.46. The smallest absolute Gasteiger partial charge is 0.273 e. The van der Waals surface area contributed by atoms with Crippen LogP contribution in [0, 0.1) is 10.1 Å². The van der Waals surface area contributed by atoms with Crippen molar-refractivity contribution in [3.63, 3.8) is 0 Å². The van der Waals surface area contributed by atoms with E-state index in [9.17, 15) is 10.1 Å². The number of halogens is 1. The highest BCUT2D eigenvalue weighted by Gasteiger charge is 2.12. The lowest BCUT2D eigenvalue weighted by Crippen LogP contribution is -2.15. The Morgan fingerprint density at radius 1 is 1.37 bits per heavy atom. The Bertz CT molecular complexity index is 416. The molecule has 106 valence electrons. The van der Waals surface area contributed by atoms with Crippen LogP contribution in [0.4, 0.5) is 5.69 Å². The summed E-state index contributed by atoms with van der Waals surface area (Å²) in [6.07, 6.45) is 5.67. The van der Waals surface area contributed by atoms with Gasteiger partial charge in [0, 0.05) is 22.6 Å². The molecule has 0 aliphatic rings. The van der Waals surface area contributed by atoms with Crippen LogP contribution in [0.25, 0.3) is 0 Å². The SMILES string of the molecule is CSCCCCCNCc1cc(Br)ccc1[N+](=O)[O-]. The Morgan fingerprint density at radius 2 is 2.16 bits per heavy atom. The van der Waals surface area contributed by atoms with Crippen LogP contribution >= 0.6 is 27.7 Å². The number of nitrogens with zero attached hydrogens (tertiary/aromatic N) is 1. The molecule has 0 aliphatic heterocycles. The summed E-state index contributed by atoms with van der Waals surface area (Å²) in [6.45, 7) is 1.44. The van der Waals surface area contributed by atoms with Gasteiger partial charge in [-0.2, -0.15) is 11.8 Å². The predicted octanol–water partition coefficient (Wildman–Crippen LogP) is 3.98. The second-order valence-corrected chi connectivity index (χ2v) is 6.16. The highest BCUT2D eigenvalue weighted by molar-refractivity contribution is 9.10. The monoisotopic (exact) mass is 346 g/mol. The van der Waals surface area contributed by atoms with Crippen molar-refractivity contribution in [3.8, 4) is 0 Å². The molecule has 0 atom stereocenters. The number of nitro groups is 1. The van der Waals surface area contributed by atoms with Crippen LogP contribution in [0.3, 0.4) is 0 Å². The molecule has 0 spiro atoms. The van der Waals surface area contributed by atoms with Gasteiger partial charge in [0.1, 0.15) is 0 Å². The summed E-state index contributed by atoms with van der Waals surface area (Å²) < 4.78 is 0.870. The van der Waals surface area contributed by atoms with Crippen molar-refractivity contribution in [1.82, 2.24) is 5.32 Å². The third-order valence-corrected chi connectivity index (χ3v) is 3.95. The molecular formula is C13H19BrN2O2S. The minimum absolute atomic E-state index is 0.179. The van der Waals surface area contributed by atoms with E-state index in [1.165, 1.54) is 18.6 Å². The quantitative estimate of drug-likeness (QED) is 0.417. The molecule has 0 aromatic heterocycles. The highest BCUT2D eigenvalue weighted by Crippen LogP contribution is 2.22. The Kier molecular flexibility index (Phi) is 8.09. The molecular weight excluding hydrogens is 328 g/mol. The number of rotatable bonds is 9. The van der Waals surface area contributed by atoms with Crippen LogP contribution < -0.4 is 5.32 Å². The number of hydrogen-bond acceptors (Lipinski definition) is 4. The van der Waals surface area contributed by atoms with Gasteiger partial charge >= 0.3 is 0 Å². The second kappa shape index (κ2) is 9.34. The number of benzene rings is 1. The van der Waals surface area contributed by atoms with Crippen LogP contribution in [0.5, 0.6) is 0 Å². The first-order chi connectivity index (χ1) is 9.15. The van der Waals surface area contributed by atoms with E-state index in [4.69, 9.17) is 0 Å². The Labute approximate surface area is 126 Å². The lowest BCUT2D eigenvalue weighted by molar-refractivity contribution is -0.385. The van der Waals surface area contributed by atoms with Crippen LogP contribution in [0.15, 0.2) is 22.7 Å². The number of unbranched alkanes of at least 4 members (excludes halogenated alkanes) is 2. The molecule has 0 amide bonds. The molecule has 0 saturated heterocycles. The Morgan fingerprint density at radius 3 is 2.84 bits per heavy atom. The number of hydrogen-bond donors (Lipinski definition) is 1. The van der Waals surface area contributed by atoms with E-state index in [0.717, 1.165) is 23.0 Å². The molecule has 0 fully saturated rings. The van der Waals surface area contributed by atoms with Crippen LogP contribution in [0.1, 0.15) is 24.8 Å². The minimum Gasteiger partial charge on any atom is -0.312 e. The molecule has 4 nitrogen and oxygen atoms in total. The summed E-state index contributed by atoms with van der Waals surface area (Å²) in [5.41, 5.74) is 0.904. The van der Waals surface area contributed by atoms with Crippen molar-refractivity contribution in [2.75, 3.05) is 18.6 Å². The highest BCUT2D eigenvalue weighted by atomic mass is 79.9. The van der Waals surface area contributed by atoms with Crippen molar-refractivity contribution >= 4 is 33.4 Å². The summed E-state index contributed by atoms with van der Waals surface area (Å²) in [5.74, 6) is 1.21. The lowest BCUT2D eigenvalue weighted by atomic mass is 10.2. The average molecular weight is 347 g/mol. The van der Waals surface area contributed by atoms with Gasteiger partial charge in [-0.1, -0.05) is 22.4 Å². The summed E-state index contributed by atoms with van der Waals surface area (Å²) in [5, 5.41) is 14.2. The topological polar surface area (TPSA) is 55.2 Å². The second-order valence-electron chi connectivity index (χ2n) is 4.26. The standard InChI is InChI=1S/C13H19BrN2O2S/c1-19-8-4-2-3-7-15-10-11-9-12(14)5-6-13(11)16(17)18/h5-6,9,15H,2-4,7-8,10H2,1H3. The van der Waals surface area contributed by atoms with Gasteiger partial charge < -0.3 is 5.32 Å². The molecule has 1 aromatic carbocycles. The summed E-state index contributed by atoms with van der Waals surface area (Å²) in [7, 11) is 0. The van der Waals surface area contributed by atoms with Crippen molar-refractivity contribution in [3.05, 3.63) is 38.3 Å². The van der Waals surface area contributed by atoms with Gasteiger partial charge in [0.2, 0.25) is 0 Å². The molecule has 1 rings (SSSR count). The van der Waals surface area contributed by atoms with E-state index in [1.54, 1.807) is 18.2 Å². The first-order valence-electron chi connectivity index (χ1n) is 6.27. The van der Waals surface area contributed by atoms with Gasteiger partial charge in [0.25, 0.3) is 5.69 Å². The normalized spacial score (nSPS) is 10.6. The molecule has 0 saturated carbocycles. The molecule has 0 radical (unpaired) electrons. The molecule has 1 N–H and O–H groups in total. The Hall–Kier alpha value is -0.590. The molecule has 1 aromatic rings. The van der Waals surface area contributed by atoms with Crippen LogP contribution in [0.2, 0.25) is 0 Å². The first kappa shape index (κ1) is 16.5. The summed E-state index contributed by atoms with van der Waals surface area (Å²) in [6, 6.07) is 5.04. The van der Waals surface area contributed by atoms with Gasteiger partial charge in [-0.3, -0.25) is 10.1 Å². The van der Waals surface area contributed by atoms with Gasteiger partial charge in [-0.25, -0.2) is 0 Å². The maximum absolute atomic E-state index is 10.9. The van der Waals surface area contributed by atoms with Crippen molar-refractivity contribution in [2.45, 2.75) is 25.8 Å². The fourth-order valence-corrected chi connectivity index (χ4v) is 2.67. The van der Waals surface area contributed by atoms with Crippen LogP contribution in [-0.2, 0) is 6.54 Å². The summed E-state index contributed by atoms with van der Waals surface area (Å²) in [4.78, 5) is 10.6. The zero-order valence-electron chi connectivity index (χ0n) is 11.0. The van der Waals surface area contributed by atoms with Gasteiger partial charge in [-0.15, -0.1) is 0 Å². The van der Waals surface area contributed by atoms with E-state index >= 15 is 0 Å². The fourth-order valence-electron chi connectivity index (χ4n) is 1.77. The summed E-state index contributed by atoms with van der Waals surface area (Å²) >= 11 is 5.21. The number of nitrogens with one attached hydrogen (secondary N) is 1. The average Bonchev–Trinajstić information content (AvgIpc) is 2.37. The number of thioether (sulfide) groups is 1. The molecule has 0 unspecified atom stereocenters. The maximum atomic E-state index is 10.9. The van der Waals surface area contributed by atoms with Gasteiger partial charge in [-0.05, 0) is 43.5 Å². The van der Waals surface area contributed by atoms with Crippen molar-refractivity contribution in [1.29, 1.82) is 0 Å². The molecule has 0 heterocycles. The molecule has 0 bridgehead atoms. The van der Waals surface area contributed by atoms with Crippen molar-refractivity contribution < 1.29 is 4.92 Å². The van der Waals surface area contributed by atoms with E-state index in [2.05, 4.69) is 27.5 Å². The molecule has 19 heavy (non-hydrogen) atoms. The Balaban J connectivity index is 2.36. The number of nitro benzene ring substituents is 1. The zero-order valence-corrected chi connectivity index (χ0v) is 13.4. The zero-order chi connectivity index (χ0) is 14.1. The van der Waals surface area contributed by atoms with Crippen molar-refractivity contribution in [2.24, 2.45) is 0 Å². The predicted molar refractivity (Wildman–Crippen MR) is 84.7 cm³/mol. The van der Waals surface area contributed by atoms with E-state index < -0.39 is 0 Å². The largest absolute Gasteiger partial charge is 0.312 e. The lowest BCUT2D eigenvalue weighted by Gasteiger charge is -2.06. The fraction of sp³-hybridized carbons (Fsp3) is 0.538. The third-order valence-electron chi connectivity index (χ3n) is 2.76. The van der Waals surface area contributed by atoms with E-state index in [-0.39, 0.29) is 10.6 Å². The van der Waals surface area contributed by atoms with E-state index in [1.807, 2.05) is 11.8 Å². The maximum Gasteiger partial charge on any atom is 0.273 e. The van der Waals surface area contributed by atoms with Crippen LogP contribution in [-0.4, -0.2) is 23.5 Å². The van der Waals surface area contributed by atoms with Gasteiger partial charge in [0.15, 0.2) is 0 Å². The van der Waals surface area contributed by atoms with Gasteiger partial charge in [0.05, 0.1) is 4.92 Å². The third kappa shape index (κ3) is 6.40. The van der Waals surface area contributed by atoms with E-state index in [0.29, 0.717) is 6.54 Å². The molecule has 0 aliphatic carbocycles.